The molecule has 0 amide bonds. The van der Waals surface area contributed by atoms with E-state index in [4.69, 9.17) is 21.8 Å². The van der Waals surface area contributed by atoms with Crippen molar-refractivity contribution >= 4 is 22.6 Å². The van der Waals surface area contributed by atoms with E-state index in [9.17, 15) is 0 Å². The van der Waals surface area contributed by atoms with E-state index in [0.29, 0.717) is 11.6 Å². The first-order valence-corrected chi connectivity index (χ1v) is 6.62. The second-order valence-corrected chi connectivity index (χ2v) is 4.91. The van der Waals surface area contributed by atoms with Gasteiger partial charge < -0.3 is 10.2 Å². The Morgan fingerprint density at radius 2 is 1.84 bits per heavy atom. The van der Waals surface area contributed by atoms with E-state index in [1.165, 1.54) is 0 Å². The summed E-state index contributed by atoms with van der Waals surface area (Å²) in [5, 5.41) is 1.69. The van der Waals surface area contributed by atoms with Gasteiger partial charge >= 0.3 is 0 Å². The second kappa shape index (κ2) is 5.08. The molecule has 0 aliphatic rings. The highest BCUT2D eigenvalue weighted by Gasteiger charge is 2.11. The molecule has 0 aliphatic carbocycles. The van der Waals surface area contributed by atoms with E-state index in [2.05, 4.69) is 18.2 Å². The van der Waals surface area contributed by atoms with Crippen LogP contribution in [0.25, 0.3) is 22.1 Å². The molecule has 0 unspecified atom stereocenters. The minimum absolute atomic E-state index is 0.599. The number of benzene rings is 2. The third-order valence-electron chi connectivity index (χ3n) is 3.23. The van der Waals surface area contributed by atoms with E-state index in [-0.39, 0.29) is 0 Å². The summed E-state index contributed by atoms with van der Waals surface area (Å²) in [6.45, 7) is 0.599. The van der Waals surface area contributed by atoms with Gasteiger partial charge in [0.05, 0.1) is 11.3 Å². The van der Waals surface area contributed by atoms with Gasteiger partial charge in [0.25, 0.3) is 0 Å². The van der Waals surface area contributed by atoms with Crippen LogP contribution >= 0.6 is 11.6 Å². The van der Waals surface area contributed by atoms with Crippen LogP contribution in [0.4, 0.5) is 0 Å². The quantitative estimate of drug-likeness (QED) is 0.773. The molecule has 3 aromatic rings. The van der Waals surface area contributed by atoms with Crippen LogP contribution in [0.15, 0.2) is 53.1 Å². The van der Waals surface area contributed by atoms with Crippen molar-refractivity contribution in [3.63, 3.8) is 0 Å². The number of fused-ring (bicyclic) bond motifs is 1. The Hall–Kier alpha value is -1.77. The zero-order valence-electron chi connectivity index (χ0n) is 10.4. The molecular weight excluding hydrogens is 258 g/mol. The summed E-state index contributed by atoms with van der Waals surface area (Å²) < 4.78 is 5.54. The summed E-state index contributed by atoms with van der Waals surface area (Å²) in [5.41, 5.74) is 9.71. The summed E-state index contributed by atoms with van der Waals surface area (Å²) in [6, 6.07) is 14.2. The zero-order chi connectivity index (χ0) is 13.2. The van der Waals surface area contributed by atoms with Gasteiger partial charge in [0.2, 0.25) is 0 Å². The largest absolute Gasteiger partial charge is 0.462 e. The molecule has 1 aromatic heterocycles. The standard InChI is InChI=1S/C16H14ClNO/c17-15-9-13(11-4-2-1-3-5-11)8-14-12(6-7-18)10-19-16(14)15/h1-5,8-10H,6-7,18H2. The molecule has 0 aliphatic heterocycles. The molecule has 0 saturated carbocycles. The van der Waals surface area contributed by atoms with Crippen LogP contribution < -0.4 is 5.73 Å². The monoisotopic (exact) mass is 271 g/mol. The maximum Gasteiger partial charge on any atom is 0.152 e. The lowest BCUT2D eigenvalue weighted by Gasteiger charge is -2.04. The number of nitrogens with two attached hydrogens (primary N) is 1. The molecule has 3 heteroatoms. The van der Waals surface area contributed by atoms with Crippen molar-refractivity contribution < 1.29 is 4.42 Å². The van der Waals surface area contributed by atoms with Gasteiger partial charge in [-0.1, -0.05) is 41.9 Å². The molecule has 2 N–H and O–H groups in total. The van der Waals surface area contributed by atoms with Crippen LogP contribution in [0.3, 0.4) is 0 Å². The smallest absolute Gasteiger partial charge is 0.152 e. The molecule has 2 nitrogen and oxygen atoms in total. The highest BCUT2D eigenvalue weighted by Crippen LogP contribution is 2.33. The van der Waals surface area contributed by atoms with Crippen molar-refractivity contribution in [3.8, 4) is 11.1 Å². The fraction of sp³-hybridized carbons (Fsp3) is 0.125. The lowest BCUT2D eigenvalue weighted by atomic mass is 10.0. The van der Waals surface area contributed by atoms with E-state index in [1.807, 2.05) is 24.3 Å². The molecular formula is C16H14ClNO. The van der Waals surface area contributed by atoms with Gasteiger partial charge in [-0.3, -0.25) is 0 Å². The van der Waals surface area contributed by atoms with Crippen LogP contribution in [0.1, 0.15) is 5.56 Å². The van der Waals surface area contributed by atoms with Crippen LogP contribution in [0.5, 0.6) is 0 Å². The molecule has 2 aromatic carbocycles. The molecule has 0 bridgehead atoms. The number of furan rings is 1. The third kappa shape index (κ3) is 2.25. The maximum atomic E-state index is 6.30. The SMILES string of the molecule is NCCc1coc2c(Cl)cc(-c3ccccc3)cc12. The average molecular weight is 272 g/mol. The second-order valence-electron chi connectivity index (χ2n) is 4.50. The van der Waals surface area contributed by atoms with Gasteiger partial charge in [-0.05, 0) is 41.8 Å². The van der Waals surface area contributed by atoms with E-state index >= 15 is 0 Å². The molecule has 0 fully saturated rings. The molecule has 0 saturated heterocycles. The normalized spacial score (nSPS) is 11.1. The van der Waals surface area contributed by atoms with Crippen LogP contribution in [-0.2, 0) is 6.42 Å². The van der Waals surface area contributed by atoms with Crippen LogP contribution in [0, 0.1) is 0 Å². The van der Waals surface area contributed by atoms with Crippen molar-refractivity contribution in [2.45, 2.75) is 6.42 Å². The van der Waals surface area contributed by atoms with Crippen molar-refractivity contribution in [1.82, 2.24) is 0 Å². The Balaban J connectivity index is 2.20. The van der Waals surface area contributed by atoms with Crippen molar-refractivity contribution in [2.75, 3.05) is 6.54 Å². The first kappa shape index (κ1) is 12.3. The van der Waals surface area contributed by atoms with E-state index in [1.54, 1.807) is 6.26 Å². The Kier molecular flexibility index (Phi) is 3.28. The zero-order valence-corrected chi connectivity index (χ0v) is 11.2. The van der Waals surface area contributed by atoms with Crippen molar-refractivity contribution in [2.24, 2.45) is 5.73 Å². The Bertz CT molecular complexity index is 703. The fourth-order valence-corrected chi connectivity index (χ4v) is 2.56. The Morgan fingerprint density at radius 3 is 2.58 bits per heavy atom. The highest BCUT2D eigenvalue weighted by atomic mass is 35.5. The summed E-state index contributed by atoms with van der Waals surface area (Å²) in [7, 11) is 0. The lowest BCUT2D eigenvalue weighted by molar-refractivity contribution is 0.610. The van der Waals surface area contributed by atoms with Gasteiger partial charge in [0.1, 0.15) is 0 Å². The number of hydrogen-bond acceptors (Lipinski definition) is 2. The van der Waals surface area contributed by atoms with Crippen LogP contribution in [0.2, 0.25) is 5.02 Å². The topological polar surface area (TPSA) is 39.2 Å². The predicted molar refractivity (Wildman–Crippen MR) is 79.4 cm³/mol. The number of rotatable bonds is 3. The maximum absolute atomic E-state index is 6.30. The van der Waals surface area contributed by atoms with Gasteiger partial charge in [0, 0.05) is 5.39 Å². The highest BCUT2D eigenvalue weighted by molar-refractivity contribution is 6.35. The Labute approximate surface area is 116 Å². The van der Waals surface area contributed by atoms with E-state index in [0.717, 1.165) is 34.1 Å². The fourth-order valence-electron chi connectivity index (χ4n) is 2.29. The van der Waals surface area contributed by atoms with Crippen molar-refractivity contribution in [3.05, 3.63) is 59.3 Å². The minimum atomic E-state index is 0.599. The third-order valence-corrected chi connectivity index (χ3v) is 3.51. The first-order valence-electron chi connectivity index (χ1n) is 6.24. The first-order chi connectivity index (χ1) is 9.29. The lowest BCUT2D eigenvalue weighted by Crippen LogP contribution is -2.01. The molecule has 0 radical (unpaired) electrons. The van der Waals surface area contributed by atoms with Gasteiger partial charge in [-0.25, -0.2) is 0 Å². The average Bonchev–Trinajstić information content (AvgIpc) is 2.84. The van der Waals surface area contributed by atoms with E-state index < -0.39 is 0 Å². The molecule has 3 rings (SSSR count). The molecule has 0 spiro atoms. The summed E-state index contributed by atoms with van der Waals surface area (Å²) in [4.78, 5) is 0. The summed E-state index contributed by atoms with van der Waals surface area (Å²) >= 11 is 6.30. The molecule has 1 heterocycles. The number of halogens is 1. The summed E-state index contributed by atoms with van der Waals surface area (Å²) in [5.74, 6) is 0. The van der Waals surface area contributed by atoms with Crippen LogP contribution in [-0.4, -0.2) is 6.54 Å². The van der Waals surface area contributed by atoms with Crippen molar-refractivity contribution in [1.29, 1.82) is 0 Å². The molecule has 0 atom stereocenters. The molecule has 96 valence electrons. The van der Waals surface area contributed by atoms with Gasteiger partial charge in [-0.2, -0.15) is 0 Å². The Morgan fingerprint density at radius 1 is 1.05 bits per heavy atom. The minimum Gasteiger partial charge on any atom is -0.462 e. The van der Waals surface area contributed by atoms with Gasteiger partial charge in [-0.15, -0.1) is 0 Å². The number of hydrogen-bond donors (Lipinski definition) is 1. The predicted octanol–water partition coefficient (Wildman–Crippen LogP) is 4.25. The van der Waals surface area contributed by atoms with Gasteiger partial charge in [0.15, 0.2) is 5.58 Å². The summed E-state index contributed by atoms with van der Waals surface area (Å²) in [6.07, 6.45) is 2.54. The molecule has 19 heavy (non-hydrogen) atoms.